The van der Waals surface area contributed by atoms with Crippen molar-refractivity contribution >= 4 is 6.09 Å². The maximum Gasteiger partial charge on any atom is 0.407 e. The highest BCUT2D eigenvalue weighted by atomic mass is 16.6. The van der Waals surface area contributed by atoms with Gasteiger partial charge in [0.2, 0.25) is 0 Å². The molecule has 0 fully saturated rings. The first-order chi connectivity index (χ1) is 7.39. The van der Waals surface area contributed by atoms with Gasteiger partial charge in [-0.15, -0.1) is 0 Å². The molecule has 0 rings (SSSR count). The van der Waals surface area contributed by atoms with E-state index in [9.17, 15) is 4.79 Å². The summed E-state index contributed by atoms with van der Waals surface area (Å²) in [5, 5.41) is 6.09. The molecular weight excluding hydrogens is 204 g/mol. The predicted molar refractivity (Wildman–Crippen MR) is 66.6 cm³/mol. The molecule has 4 nitrogen and oxygen atoms in total. The highest BCUT2D eigenvalue weighted by Gasteiger charge is 2.15. The van der Waals surface area contributed by atoms with Crippen LogP contribution in [-0.4, -0.2) is 30.8 Å². The molecule has 0 saturated carbocycles. The topological polar surface area (TPSA) is 50.4 Å². The largest absolute Gasteiger partial charge is 0.444 e. The summed E-state index contributed by atoms with van der Waals surface area (Å²) >= 11 is 0. The number of carbonyl (C=O) groups is 1. The van der Waals surface area contributed by atoms with Crippen molar-refractivity contribution in [2.75, 3.05) is 13.1 Å². The second-order valence-corrected chi connectivity index (χ2v) is 4.90. The zero-order chi connectivity index (χ0) is 12.6. The number of amides is 1. The molecule has 0 aliphatic carbocycles. The van der Waals surface area contributed by atoms with Crippen molar-refractivity contribution < 1.29 is 9.53 Å². The van der Waals surface area contributed by atoms with Crippen molar-refractivity contribution in [3.05, 3.63) is 0 Å². The van der Waals surface area contributed by atoms with Crippen LogP contribution >= 0.6 is 0 Å². The number of carbonyl (C=O) groups excluding carboxylic acids is 1. The Labute approximate surface area is 99.1 Å². The van der Waals surface area contributed by atoms with E-state index in [1.807, 2.05) is 20.8 Å². The van der Waals surface area contributed by atoms with E-state index in [4.69, 9.17) is 4.74 Å². The van der Waals surface area contributed by atoms with Crippen molar-refractivity contribution in [3.8, 4) is 0 Å². The normalized spacial score (nSPS) is 11.6. The highest BCUT2D eigenvalue weighted by molar-refractivity contribution is 5.67. The summed E-state index contributed by atoms with van der Waals surface area (Å²) in [6, 6.07) is 0.542. The summed E-state index contributed by atoms with van der Waals surface area (Å²) < 4.78 is 5.12. The van der Waals surface area contributed by atoms with Crippen LogP contribution in [0.2, 0.25) is 0 Å². The Balaban J connectivity index is 3.55. The molecule has 96 valence electrons. The standard InChI is InChI=1S/C12H26N2O2/c1-6-10(7-2)13-8-9-14-11(15)16-12(3,4)5/h10,13H,6-9H2,1-5H3,(H,14,15). The third kappa shape index (κ3) is 8.53. The van der Waals surface area contributed by atoms with E-state index in [0.29, 0.717) is 12.6 Å². The van der Waals surface area contributed by atoms with E-state index in [-0.39, 0.29) is 6.09 Å². The molecule has 0 bridgehead atoms. The molecule has 0 radical (unpaired) electrons. The van der Waals surface area contributed by atoms with E-state index in [2.05, 4.69) is 24.5 Å². The minimum Gasteiger partial charge on any atom is -0.444 e. The van der Waals surface area contributed by atoms with E-state index in [0.717, 1.165) is 19.4 Å². The number of hydrogen-bond acceptors (Lipinski definition) is 3. The molecule has 4 heteroatoms. The summed E-state index contributed by atoms with van der Waals surface area (Å²) in [6.07, 6.45) is 1.88. The minimum atomic E-state index is -0.424. The Kier molecular flexibility index (Phi) is 7.13. The highest BCUT2D eigenvalue weighted by Crippen LogP contribution is 2.05. The smallest absolute Gasteiger partial charge is 0.407 e. The lowest BCUT2D eigenvalue weighted by atomic mass is 10.2. The number of ether oxygens (including phenoxy) is 1. The van der Waals surface area contributed by atoms with E-state index in [1.54, 1.807) is 0 Å². The van der Waals surface area contributed by atoms with Gasteiger partial charge >= 0.3 is 6.09 Å². The Morgan fingerprint density at radius 2 is 1.75 bits per heavy atom. The third-order valence-corrected chi connectivity index (χ3v) is 2.21. The van der Waals surface area contributed by atoms with Crippen LogP contribution in [0.5, 0.6) is 0 Å². The molecule has 1 amide bonds. The fourth-order valence-electron chi connectivity index (χ4n) is 1.33. The lowest BCUT2D eigenvalue weighted by molar-refractivity contribution is 0.0528. The summed E-state index contributed by atoms with van der Waals surface area (Å²) in [5.74, 6) is 0. The molecule has 0 spiro atoms. The van der Waals surface area contributed by atoms with Crippen LogP contribution in [0.4, 0.5) is 4.79 Å². The van der Waals surface area contributed by atoms with Crippen molar-refractivity contribution in [1.29, 1.82) is 0 Å². The Hall–Kier alpha value is -0.770. The average molecular weight is 230 g/mol. The molecule has 0 aromatic rings. The van der Waals surface area contributed by atoms with Gasteiger partial charge in [0.15, 0.2) is 0 Å². The molecule has 0 unspecified atom stereocenters. The van der Waals surface area contributed by atoms with Crippen LogP contribution in [0.1, 0.15) is 47.5 Å². The van der Waals surface area contributed by atoms with Gasteiger partial charge in [0.1, 0.15) is 5.60 Å². The first-order valence-corrected chi connectivity index (χ1v) is 6.09. The second kappa shape index (κ2) is 7.49. The Bertz CT molecular complexity index is 196. The summed E-state index contributed by atoms with van der Waals surface area (Å²) in [4.78, 5) is 11.3. The Morgan fingerprint density at radius 3 is 2.19 bits per heavy atom. The molecule has 0 aliphatic heterocycles. The van der Waals surface area contributed by atoms with Gasteiger partial charge in [0, 0.05) is 19.1 Å². The zero-order valence-electron chi connectivity index (χ0n) is 11.2. The third-order valence-electron chi connectivity index (χ3n) is 2.21. The number of alkyl carbamates (subject to hydrolysis) is 1. The van der Waals surface area contributed by atoms with Crippen LogP contribution in [0.25, 0.3) is 0 Å². The van der Waals surface area contributed by atoms with E-state index >= 15 is 0 Å². The van der Waals surface area contributed by atoms with Crippen LogP contribution in [0.15, 0.2) is 0 Å². The van der Waals surface area contributed by atoms with Gasteiger partial charge in [-0.05, 0) is 33.6 Å². The monoisotopic (exact) mass is 230 g/mol. The molecule has 2 N–H and O–H groups in total. The van der Waals surface area contributed by atoms with Gasteiger partial charge in [-0.2, -0.15) is 0 Å². The van der Waals surface area contributed by atoms with E-state index < -0.39 is 5.60 Å². The second-order valence-electron chi connectivity index (χ2n) is 4.90. The quantitative estimate of drug-likeness (QED) is 0.688. The summed E-state index contributed by atoms with van der Waals surface area (Å²) in [6.45, 7) is 11.3. The van der Waals surface area contributed by atoms with Crippen molar-refractivity contribution in [3.63, 3.8) is 0 Å². The SMILES string of the molecule is CCC(CC)NCCNC(=O)OC(C)(C)C. The van der Waals surface area contributed by atoms with Gasteiger partial charge in [0.25, 0.3) is 0 Å². The molecule has 16 heavy (non-hydrogen) atoms. The van der Waals surface area contributed by atoms with Gasteiger partial charge in [-0.1, -0.05) is 13.8 Å². The van der Waals surface area contributed by atoms with Crippen LogP contribution in [0.3, 0.4) is 0 Å². The fraction of sp³-hybridized carbons (Fsp3) is 0.917. The van der Waals surface area contributed by atoms with Crippen molar-refractivity contribution in [2.45, 2.75) is 59.1 Å². The summed E-state index contributed by atoms with van der Waals surface area (Å²) in [7, 11) is 0. The average Bonchev–Trinajstić information content (AvgIpc) is 2.15. The molecule has 0 saturated heterocycles. The number of rotatable bonds is 6. The van der Waals surface area contributed by atoms with Gasteiger partial charge in [0.05, 0.1) is 0 Å². The van der Waals surface area contributed by atoms with Gasteiger partial charge in [-0.25, -0.2) is 4.79 Å². The van der Waals surface area contributed by atoms with Crippen molar-refractivity contribution in [2.24, 2.45) is 0 Å². The molecular formula is C12H26N2O2. The first kappa shape index (κ1) is 15.2. The summed E-state index contributed by atoms with van der Waals surface area (Å²) in [5.41, 5.74) is -0.424. The van der Waals surface area contributed by atoms with Gasteiger partial charge in [-0.3, -0.25) is 0 Å². The fourth-order valence-corrected chi connectivity index (χ4v) is 1.33. The predicted octanol–water partition coefficient (Wildman–Crippen LogP) is 2.29. The lowest BCUT2D eigenvalue weighted by Gasteiger charge is -2.20. The minimum absolute atomic E-state index is 0.348. The van der Waals surface area contributed by atoms with Crippen LogP contribution in [0, 0.1) is 0 Å². The first-order valence-electron chi connectivity index (χ1n) is 6.09. The zero-order valence-corrected chi connectivity index (χ0v) is 11.2. The molecule has 0 heterocycles. The maximum absolute atomic E-state index is 11.3. The van der Waals surface area contributed by atoms with Crippen LogP contribution < -0.4 is 10.6 Å². The number of nitrogens with one attached hydrogen (secondary N) is 2. The van der Waals surface area contributed by atoms with Crippen LogP contribution in [-0.2, 0) is 4.74 Å². The van der Waals surface area contributed by atoms with Gasteiger partial charge < -0.3 is 15.4 Å². The van der Waals surface area contributed by atoms with E-state index in [1.165, 1.54) is 0 Å². The number of hydrogen-bond donors (Lipinski definition) is 2. The Morgan fingerprint density at radius 1 is 1.19 bits per heavy atom. The molecule has 0 atom stereocenters. The molecule has 0 aromatic carbocycles. The lowest BCUT2D eigenvalue weighted by Crippen LogP contribution is -2.38. The molecule has 0 aliphatic rings. The maximum atomic E-state index is 11.3. The molecule has 0 aromatic heterocycles. The van der Waals surface area contributed by atoms with Crippen molar-refractivity contribution in [1.82, 2.24) is 10.6 Å².